The van der Waals surface area contributed by atoms with Gasteiger partial charge in [-0.3, -0.25) is 9.59 Å². The van der Waals surface area contributed by atoms with Crippen molar-refractivity contribution in [2.45, 2.75) is 32.1 Å². The van der Waals surface area contributed by atoms with Gasteiger partial charge in [0.1, 0.15) is 0 Å². The van der Waals surface area contributed by atoms with Crippen molar-refractivity contribution in [3.05, 3.63) is 11.6 Å². The standard InChI is InChI=1S/C11H18N2O2/c1-13(8-10(12)14)11(15)7-9-5-3-2-4-6-9/h7H,2-6,8H2,1H3,(H2,12,14). The van der Waals surface area contributed by atoms with E-state index in [9.17, 15) is 9.59 Å². The highest BCUT2D eigenvalue weighted by molar-refractivity contribution is 5.91. The second kappa shape index (κ2) is 5.53. The van der Waals surface area contributed by atoms with Gasteiger partial charge in [0.15, 0.2) is 0 Å². The van der Waals surface area contributed by atoms with Gasteiger partial charge in [-0.1, -0.05) is 12.0 Å². The number of likely N-dealkylation sites (N-methyl/N-ethyl adjacent to an activating group) is 1. The summed E-state index contributed by atoms with van der Waals surface area (Å²) in [5.74, 6) is -0.599. The van der Waals surface area contributed by atoms with Crippen LogP contribution in [-0.4, -0.2) is 30.3 Å². The first-order valence-electron chi connectivity index (χ1n) is 5.32. The third kappa shape index (κ3) is 4.14. The highest BCUT2D eigenvalue weighted by Gasteiger charge is 2.11. The van der Waals surface area contributed by atoms with Gasteiger partial charge in [0.2, 0.25) is 11.8 Å². The van der Waals surface area contributed by atoms with Crippen LogP contribution in [0.15, 0.2) is 11.6 Å². The molecule has 4 heteroatoms. The molecule has 1 rings (SSSR count). The molecule has 0 radical (unpaired) electrons. The molecule has 0 bridgehead atoms. The Hall–Kier alpha value is -1.32. The molecule has 84 valence electrons. The van der Waals surface area contributed by atoms with E-state index in [2.05, 4.69) is 0 Å². The highest BCUT2D eigenvalue weighted by Crippen LogP contribution is 2.22. The summed E-state index contributed by atoms with van der Waals surface area (Å²) in [5, 5.41) is 0. The summed E-state index contributed by atoms with van der Waals surface area (Å²) < 4.78 is 0. The Labute approximate surface area is 90.1 Å². The van der Waals surface area contributed by atoms with Gasteiger partial charge in [0.05, 0.1) is 6.54 Å². The molecule has 1 saturated carbocycles. The fraction of sp³-hybridized carbons (Fsp3) is 0.636. The molecule has 2 N–H and O–H groups in total. The van der Waals surface area contributed by atoms with Crippen LogP contribution in [0.5, 0.6) is 0 Å². The number of carbonyl (C=O) groups is 2. The fourth-order valence-electron chi connectivity index (χ4n) is 1.75. The van der Waals surface area contributed by atoms with Crippen LogP contribution in [0.25, 0.3) is 0 Å². The van der Waals surface area contributed by atoms with Gasteiger partial charge < -0.3 is 10.6 Å². The first-order valence-corrected chi connectivity index (χ1v) is 5.32. The smallest absolute Gasteiger partial charge is 0.246 e. The number of nitrogens with zero attached hydrogens (tertiary/aromatic N) is 1. The summed E-state index contributed by atoms with van der Waals surface area (Å²) in [6, 6.07) is 0. The van der Waals surface area contributed by atoms with E-state index >= 15 is 0 Å². The Morgan fingerprint density at radius 1 is 1.33 bits per heavy atom. The van der Waals surface area contributed by atoms with Crippen molar-refractivity contribution in [1.82, 2.24) is 4.90 Å². The Morgan fingerprint density at radius 2 is 1.93 bits per heavy atom. The molecule has 0 aromatic rings. The van der Waals surface area contributed by atoms with Crippen LogP contribution < -0.4 is 5.73 Å². The number of carbonyl (C=O) groups excluding carboxylic acids is 2. The molecule has 0 aromatic heterocycles. The molecule has 0 saturated heterocycles. The molecule has 0 heterocycles. The van der Waals surface area contributed by atoms with Crippen molar-refractivity contribution >= 4 is 11.8 Å². The van der Waals surface area contributed by atoms with E-state index in [0.29, 0.717) is 0 Å². The monoisotopic (exact) mass is 210 g/mol. The maximum Gasteiger partial charge on any atom is 0.246 e. The van der Waals surface area contributed by atoms with Crippen LogP contribution in [0.3, 0.4) is 0 Å². The zero-order valence-corrected chi connectivity index (χ0v) is 9.16. The summed E-state index contributed by atoms with van der Waals surface area (Å²) in [4.78, 5) is 23.6. The van der Waals surface area contributed by atoms with E-state index in [1.807, 2.05) is 0 Å². The van der Waals surface area contributed by atoms with Gasteiger partial charge >= 0.3 is 0 Å². The Morgan fingerprint density at radius 3 is 2.47 bits per heavy atom. The number of nitrogens with two attached hydrogens (primary N) is 1. The average Bonchev–Trinajstić information content (AvgIpc) is 2.18. The van der Waals surface area contributed by atoms with E-state index < -0.39 is 5.91 Å². The fourth-order valence-corrected chi connectivity index (χ4v) is 1.75. The van der Waals surface area contributed by atoms with Gasteiger partial charge in [0, 0.05) is 13.1 Å². The van der Waals surface area contributed by atoms with Gasteiger partial charge in [0.25, 0.3) is 0 Å². The summed E-state index contributed by atoms with van der Waals surface area (Å²) in [5.41, 5.74) is 6.21. The molecular formula is C11H18N2O2. The third-order valence-corrected chi connectivity index (χ3v) is 2.59. The predicted octanol–water partition coefficient (Wildman–Crippen LogP) is 0.821. The summed E-state index contributed by atoms with van der Waals surface area (Å²) >= 11 is 0. The lowest BCUT2D eigenvalue weighted by molar-refractivity contribution is -0.129. The van der Waals surface area contributed by atoms with Crippen LogP contribution in [0, 0.1) is 0 Å². The zero-order valence-electron chi connectivity index (χ0n) is 9.16. The maximum absolute atomic E-state index is 11.6. The number of rotatable bonds is 3. The van der Waals surface area contributed by atoms with Crippen molar-refractivity contribution in [3.63, 3.8) is 0 Å². The molecule has 2 amide bonds. The van der Waals surface area contributed by atoms with Crippen molar-refractivity contribution in [1.29, 1.82) is 0 Å². The average molecular weight is 210 g/mol. The molecule has 0 atom stereocenters. The first-order chi connectivity index (χ1) is 7.09. The number of hydrogen-bond acceptors (Lipinski definition) is 2. The summed E-state index contributed by atoms with van der Waals surface area (Å²) in [6.45, 7) is -0.0113. The number of hydrogen-bond donors (Lipinski definition) is 1. The number of primary amides is 1. The predicted molar refractivity (Wildman–Crippen MR) is 58.0 cm³/mol. The van der Waals surface area contributed by atoms with Crippen molar-refractivity contribution in [2.75, 3.05) is 13.6 Å². The number of amides is 2. The van der Waals surface area contributed by atoms with Crippen LogP contribution in [0.4, 0.5) is 0 Å². The van der Waals surface area contributed by atoms with Gasteiger partial charge in [-0.2, -0.15) is 0 Å². The molecule has 15 heavy (non-hydrogen) atoms. The van der Waals surface area contributed by atoms with E-state index in [-0.39, 0.29) is 12.5 Å². The molecule has 0 aliphatic heterocycles. The minimum absolute atomic E-state index is 0.0113. The number of allylic oxidation sites excluding steroid dienone is 1. The molecule has 1 aliphatic rings. The molecule has 1 aliphatic carbocycles. The van der Waals surface area contributed by atoms with Gasteiger partial charge in [-0.25, -0.2) is 0 Å². The topological polar surface area (TPSA) is 63.4 Å². The quantitative estimate of drug-likeness (QED) is 0.701. The second-order valence-corrected chi connectivity index (χ2v) is 4.02. The Balaban J connectivity index is 2.48. The van der Waals surface area contributed by atoms with Crippen molar-refractivity contribution in [3.8, 4) is 0 Å². The van der Waals surface area contributed by atoms with E-state index in [1.54, 1.807) is 13.1 Å². The lowest BCUT2D eigenvalue weighted by Gasteiger charge is -2.16. The third-order valence-electron chi connectivity index (χ3n) is 2.59. The zero-order chi connectivity index (χ0) is 11.3. The van der Waals surface area contributed by atoms with Crippen LogP contribution in [0.2, 0.25) is 0 Å². The van der Waals surface area contributed by atoms with E-state index in [1.165, 1.54) is 29.7 Å². The Bertz CT molecular complexity index is 276. The Kier molecular flexibility index (Phi) is 4.34. The normalized spacial score (nSPS) is 15.9. The summed E-state index contributed by atoms with van der Waals surface area (Å²) in [7, 11) is 1.59. The SMILES string of the molecule is CN(CC(N)=O)C(=O)C=C1CCCCC1. The minimum atomic E-state index is -0.479. The van der Waals surface area contributed by atoms with E-state index in [0.717, 1.165) is 12.8 Å². The van der Waals surface area contributed by atoms with Crippen molar-refractivity contribution in [2.24, 2.45) is 5.73 Å². The largest absolute Gasteiger partial charge is 0.368 e. The van der Waals surface area contributed by atoms with Crippen LogP contribution >= 0.6 is 0 Å². The maximum atomic E-state index is 11.6. The van der Waals surface area contributed by atoms with E-state index in [4.69, 9.17) is 5.73 Å². The first kappa shape index (κ1) is 11.8. The lowest BCUT2D eigenvalue weighted by Crippen LogP contribution is -2.34. The lowest BCUT2D eigenvalue weighted by atomic mass is 9.94. The molecule has 1 fully saturated rings. The second-order valence-electron chi connectivity index (χ2n) is 4.02. The summed E-state index contributed by atoms with van der Waals surface area (Å²) in [6.07, 6.45) is 7.26. The molecule has 4 nitrogen and oxygen atoms in total. The molecule has 0 aromatic carbocycles. The highest BCUT2D eigenvalue weighted by atomic mass is 16.2. The minimum Gasteiger partial charge on any atom is -0.368 e. The van der Waals surface area contributed by atoms with Gasteiger partial charge in [-0.15, -0.1) is 0 Å². The van der Waals surface area contributed by atoms with Crippen LogP contribution in [-0.2, 0) is 9.59 Å². The molecule has 0 spiro atoms. The molecular weight excluding hydrogens is 192 g/mol. The van der Waals surface area contributed by atoms with Crippen LogP contribution in [0.1, 0.15) is 32.1 Å². The van der Waals surface area contributed by atoms with Gasteiger partial charge in [-0.05, 0) is 25.7 Å². The molecule has 0 unspecified atom stereocenters. The van der Waals surface area contributed by atoms with Crippen molar-refractivity contribution < 1.29 is 9.59 Å².